The van der Waals surface area contributed by atoms with E-state index in [9.17, 15) is 0 Å². The van der Waals surface area contributed by atoms with Crippen LogP contribution in [0.3, 0.4) is 0 Å². The van der Waals surface area contributed by atoms with Crippen LogP contribution >= 0.6 is 15.9 Å². The van der Waals surface area contributed by atoms with Crippen LogP contribution in [-0.4, -0.2) is 5.01 Å². The molecule has 1 nitrogen and oxygen atoms in total. The van der Waals surface area contributed by atoms with E-state index in [2.05, 4.69) is 48.8 Å². The third kappa shape index (κ3) is 2.73. The molecule has 13 heavy (non-hydrogen) atoms. The molecule has 0 heterocycles. The number of aryl methyl sites for hydroxylation is 2. The van der Waals surface area contributed by atoms with Gasteiger partial charge in [-0.25, -0.2) is 0 Å². The standard InChI is InChI=1S/C11H15BrO/c1-4-10(12)13-11-8(2)6-5-7-9(11)3/h5-7,10H,4H2,1-3H3. The zero-order valence-corrected chi connectivity index (χ0v) is 9.89. The molecule has 0 saturated heterocycles. The summed E-state index contributed by atoms with van der Waals surface area (Å²) in [5, 5.41) is 0.118. The van der Waals surface area contributed by atoms with E-state index in [0.29, 0.717) is 0 Å². The van der Waals surface area contributed by atoms with Crippen LogP contribution in [0.2, 0.25) is 0 Å². The lowest BCUT2D eigenvalue weighted by atomic mass is 10.1. The molecule has 0 bridgehead atoms. The minimum Gasteiger partial charge on any atom is -0.479 e. The van der Waals surface area contributed by atoms with Crippen LogP contribution in [0.25, 0.3) is 0 Å². The van der Waals surface area contributed by atoms with Gasteiger partial charge in [0.1, 0.15) is 5.75 Å². The minimum atomic E-state index is 0.118. The molecule has 0 amide bonds. The molecule has 0 aliphatic carbocycles. The Labute approximate surface area is 88.2 Å². The van der Waals surface area contributed by atoms with Gasteiger partial charge < -0.3 is 4.74 Å². The molecule has 1 rings (SSSR count). The first kappa shape index (κ1) is 10.6. The van der Waals surface area contributed by atoms with Crippen molar-refractivity contribution in [3.63, 3.8) is 0 Å². The molecule has 1 aromatic rings. The van der Waals surface area contributed by atoms with Gasteiger partial charge in [-0.15, -0.1) is 0 Å². The summed E-state index contributed by atoms with van der Waals surface area (Å²) in [6, 6.07) is 6.18. The van der Waals surface area contributed by atoms with Crippen LogP contribution < -0.4 is 4.74 Å². The highest BCUT2D eigenvalue weighted by Crippen LogP contribution is 2.25. The molecule has 0 aromatic heterocycles. The number of rotatable bonds is 3. The van der Waals surface area contributed by atoms with E-state index in [1.807, 2.05) is 6.07 Å². The van der Waals surface area contributed by atoms with E-state index in [1.54, 1.807) is 0 Å². The van der Waals surface area contributed by atoms with Gasteiger partial charge in [-0.1, -0.05) is 25.1 Å². The van der Waals surface area contributed by atoms with E-state index >= 15 is 0 Å². The highest BCUT2D eigenvalue weighted by atomic mass is 79.9. The average molecular weight is 243 g/mol. The van der Waals surface area contributed by atoms with Crippen LogP contribution in [0.5, 0.6) is 5.75 Å². The summed E-state index contributed by atoms with van der Waals surface area (Å²) in [6.45, 7) is 6.22. The summed E-state index contributed by atoms with van der Waals surface area (Å²) in [6.07, 6.45) is 0.966. The van der Waals surface area contributed by atoms with Crippen LogP contribution in [0, 0.1) is 13.8 Å². The lowest BCUT2D eigenvalue weighted by Crippen LogP contribution is -2.07. The Bertz CT molecular complexity index is 263. The number of benzene rings is 1. The summed E-state index contributed by atoms with van der Waals surface area (Å²) in [7, 11) is 0. The van der Waals surface area contributed by atoms with Crippen molar-refractivity contribution in [3.8, 4) is 5.75 Å². The quantitative estimate of drug-likeness (QED) is 0.733. The molecule has 1 aromatic carbocycles. The van der Waals surface area contributed by atoms with Gasteiger partial charge in [-0.3, -0.25) is 0 Å². The first-order valence-electron chi connectivity index (χ1n) is 4.52. The van der Waals surface area contributed by atoms with E-state index < -0.39 is 0 Å². The first-order chi connectivity index (χ1) is 6.15. The van der Waals surface area contributed by atoms with Crippen molar-refractivity contribution < 1.29 is 4.74 Å². The summed E-state index contributed by atoms with van der Waals surface area (Å²) < 4.78 is 5.74. The van der Waals surface area contributed by atoms with Gasteiger partial charge in [0.2, 0.25) is 0 Å². The second-order valence-electron chi connectivity index (χ2n) is 3.16. The number of hydrogen-bond acceptors (Lipinski definition) is 1. The summed E-state index contributed by atoms with van der Waals surface area (Å²) in [5.41, 5.74) is 2.39. The van der Waals surface area contributed by atoms with Crippen molar-refractivity contribution in [2.24, 2.45) is 0 Å². The maximum Gasteiger partial charge on any atom is 0.153 e. The van der Waals surface area contributed by atoms with Crippen molar-refractivity contribution >= 4 is 15.9 Å². The fourth-order valence-corrected chi connectivity index (χ4v) is 1.38. The zero-order valence-electron chi connectivity index (χ0n) is 8.30. The second kappa shape index (κ2) is 4.66. The van der Waals surface area contributed by atoms with Crippen molar-refractivity contribution in [1.29, 1.82) is 0 Å². The van der Waals surface area contributed by atoms with Crippen LogP contribution in [0.15, 0.2) is 18.2 Å². The predicted molar refractivity (Wildman–Crippen MR) is 59.6 cm³/mol. The molecule has 0 N–H and O–H groups in total. The highest BCUT2D eigenvalue weighted by molar-refractivity contribution is 9.09. The first-order valence-corrected chi connectivity index (χ1v) is 5.43. The SMILES string of the molecule is CCC(Br)Oc1c(C)cccc1C. The van der Waals surface area contributed by atoms with Crippen molar-refractivity contribution in [3.05, 3.63) is 29.3 Å². The van der Waals surface area contributed by atoms with Gasteiger partial charge in [-0.2, -0.15) is 0 Å². The maximum absolute atomic E-state index is 5.74. The Morgan fingerprint density at radius 2 is 1.85 bits per heavy atom. The number of hydrogen-bond donors (Lipinski definition) is 0. The Hall–Kier alpha value is -0.500. The number of halogens is 1. The Balaban J connectivity index is 2.87. The Morgan fingerprint density at radius 1 is 1.31 bits per heavy atom. The van der Waals surface area contributed by atoms with E-state index in [1.165, 1.54) is 11.1 Å². The molecule has 0 spiro atoms. The fourth-order valence-electron chi connectivity index (χ4n) is 1.20. The molecule has 0 fully saturated rings. The smallest absolute Gasteiger partial charge is 0.153 e. The minimum absolute atomic E-state index is 0.118. The van der Waals surface area contributed by atoms with Gasteiger partial charge in [0.25, 0.3) is 0 Å². The fraction of sp³-hybridized carbons (Fsp3) is 0.455. The van der Waals surface area contributed by atoms with Crippen LogP contribution in [0.4, 0.5) is 0 Å². The molecule has 72 valence electrons. The van der Waals surface area contributed by atoms with Crippen molar-refractivity contribution in [2.75, 3.05) is 0 Å². The molecule has 1 atom stereocenters. The van der Waals surface area contributed by atoms with E-state index in [4.69, 9.17) is 4.74 Å². The number of alkyl halides is 1. The van der Waals surface area contributed by atoms with Gasteiger partial charge in [0.15, 0.2) is 5.01 Å². The van der Waals surface area contributed by atoms with E-state index in [-0.39, 0.29) is 5.01 Å². The molecule has 0 aliphatic heterocycles. The third-order valence-electron chi connectivity index (χ3n) is 1.98. The van der Waals surface area contributed by atoms with E-state index in [0.717, 1.165) is 12.2 Å². The molecule has 0 aliphatic rings. The predicted octanol–water partition coefficient (Wildman–Crippen LogP) is 3.81. The zero-order chi connectivity index (χ0) is 9.84. The number of ether oxygens (including phenoxy) is 1. The maximum atomic E-state index is 5.74. The van der Waals surface area contributed by atoms with Crippen LogP contribution in [-0.2, 0) is 0 Å². The molecular formula is C11H15BrO. The van der Waals surface area contributed by atoms with Crippen molar-refractivity contribution in [2.45, 2.75) is 32.2 Å². The second-order valence-corrected chi connectivity index (χ2v) is 4.18. The highest BCUT2D eigenvalue weighted by Gasteiger charge is 2.07. The van der Waals surface area contributed by atoms with Crippen molar-refractivity contribution in [1.82, 2.24) is 0 Å². The molecular weight excluding hydrogens is 228 g/mol. The largest absolute Gasteiger partial charge is 0.479 e. The Morgan fingerprint density at radius 3 is 2.31 bits per heavy atom. The molecule has 0 saturated carbocycles. The Kier molecular flexibility index (Phi) is 3.79. The van der Waals surface area contributed by atoms with Crippen LogP contribution in [0.1, 0.15) is 24.5 Å². The molecule has 2 heteroatoms. The molecule has 1 unspecified atom stereocenters. The van der Waals surface area contributed by atoms with Gasteiger partial charge >= 0.3 is 0 Å². The van der Waals surface area contributed by atoms with Gasteiger partial charge in [0, 0.05) is 0 Å². The van der Waals surface area contributed by atoms with Gasteiger partial charge in [0.05, 0.1) is 0 Å². The number of para-hydroxylation sites is 1. The van der Waals surface area contributed by atoms with Gasteiger partial charge in [-0.05, 0) is 47.3 Å². The summed E-state index contributed by atoms with van der Waals surface area (Å²) >= 11 is 3.46. The summed E-state index contributed by atoms with van der Waals surface area (Å²) in [4.78, 5) is 0. The monoisotopic (exact) mass is 242 g/mol. The average Bonchev–Trinajstić information content (AvgIpc) is 2.11. The topological polar surface area (TPSA) is 9.23 Å². The lowest BCUT2D eigenvalue weighted by Gasteiger charge is -2.15. The lowest BCUT2D eigenvalue weighted by molar-refractivity contribution is 0.286. The summed E-state index contributed by atoms with van der Waals surface area (Å²) in [5.74, 6) is 1.01. The third-order valence-corrected chi connectivity index (χ3v) is 2.81. The normalized spacial score (nSPS) is 12.6. The molecule has 0 radical (unpaired) electrons.